The molecule has 3 rings (SSSR count). The fourth-order valence-electron chi connectivity index (χ4n) is 9.65. The minimum absolute atomic E-state index is 0.00669. The fraction of sp³-hybridized carbons (Fsp3) is 0.724. The molecular weight excluding hydrogens is 1050 g/mol. The van der Waals surface area contributed by atoms with Crippen molar-refractivity contribution in [1.29, 1.82) is 0 Å². The number of hydrogen-bond donors (Lipinski definition) is 2. The summed E-state index contributed by atoms with van der Waals surface area (Å²) in [7, 11) is 7.48. The minimum Gasteiger partial charge on any atom is -0.467 e. The molecule has 458 valence electrons. The first-order chi connectivity index (χ1) is 38.7. The van der Waals surface area contributed by atoms with Crippen LogP contribution in [-0.2, 0) is 87.4 Å². The molecule has 1 aromatic carbocycles. The fourth-order valence-corrected chi connectivity index (χ4v) is 9.65. The Morgan fingerprint density at radius 3 is 1.75 bits per heavy atom. The van der Waals surface area contributed by atoms with Gasteiger partial charge in [0.15, 0.2) is 0 Å². The van der Waals surface area contributed by atoms with E-state index < -0.39 is 65.6 Å². The topological polar surface area (TPSA) is 257 Å². The molecule has 23 heteroatoms. The third-order valence-electron chi connectivity index (χ3n) is 15.0. The second kappa shape index (κ2) is 36.9. The first-order valence-electron chi connectivity index (χ1n) is 28.3. The first-order valence-corrected chi connectivity index (χ1v) is 28.3. The van der Waals surface area contributed by atoms with Crippen molar-refractivity contribution in [1.82, 2.24) is 30.2 Å². The second-order valence-electron chi connectivity index (χ2n) is 21.2. The van der Waals surface area contributed by atoms with Crippen molar-refractivity contribution >= 4 is 47.3 Å². The molecule has 0 spiro atoms. The molecule has 0 bridgehead atoms. The minimum atomic E-state index is -1.35. The summed E-state index contributed by atoms with van der Waals surface area (Å²) in [6.45, 7) is 17.0. The number of amides is 7. The van der Waals surface area contributed by atoms with Gasteiger partial charge >= 0.3 is 5.97 Å². The standard InChI is InChI=1S/C58H94N6O17/c1-13-41(4)52(46(73-10)39-50(68)63-24-17-20-45(63)53(74-11)42(5)54(69)59-44(56(71)75-12)38-43-18-15-14-16-19-43)61(8)55(70)51(40(2)3)60-57(72)58(6,7)62(9)47(65)23-26-76-28-30-78-32-34-80-36-37-81-35-33-79-31-29-77-27-25-64-48(66)21-22-49(64)67/h14-16,18-19,21-22,40-42,44-46,51-53H,13,17,20,23-39H2,1-12H3,(H,59,69)(H,60,72)/t41-,42+,44-,45-,46+,51-,52-,53+/m0/s1. The van der Waals surface area contributed by atoms with Gasteiger partial charge in [-0.15, -0.1) is 0 Å². The second-order valence-corrected chi connectivity index (χ2v) is 21.2. The Kier molecular flexibility index (Phi) is 31.9. The van der Waals surface area contributed by atoms with Crippen LogP contribution in [0.25, 0.3) is 0 Å². The number of ether oxygens (including phenoxy) is 9. The lowest BCUT2D eigenvalue weighted by Crippen LogP contribution is -2.62. The van der Waals surface area contributed by atoms with Crippen molar-refractivity contribution in [3.05, 3.63) is 48.0 Å². The molecule has 2 aliphatic heterocycles. The Morgan fingerprint density at radius 2 is 1.26 bits per heavy atom. The van der Waals surface area contributed by atoms with Crippen LogP contribution in [0.4, 0.5) is 0 Å². The molecule has 23 nitrogen and oxygen atoms in total. The maximum atomic E-state index is 14.6. The summed E-state index contributed by atoms with van der Waals surface area (Å²) in [6, 6.07) is 6.35. The number of benzene rings is 1. The Labute approximate surface area is 479 Å². The molecule has 2 aliphatic rings. The van der Waals surface area contributed by atoms with E-state index in [0.717, 1.165) is 10.5 Å². The van der Waals surface area contributed by atoms with Crippen LogP contribution in [0.2, 0.25) is 0 Å². The van der Waals surface area contributed by atoms with Gasteiger partial charge in [-0.25, -0.2) is 4.79 Å². The summed E-state index contributed by atoms with van der Waals surface area (Å²) in [4.78, 5) is 112. The summed E-state index contributed by atoms with van der Waals surface area (Å²) < 4.78 is 50.1. The molecular formula is C58H94N6O17. The summed E-state index contributed by atoms with van der Waals surface area (Å²) in [5, 5.41) is 5.79. The van der Waals surface area contributed by atoms with Crippen LogP contribution in [0, 0.1) is 17.8 Å². The number of likely N-dealkylation sites (tertiary alicyclic amines) is 1. The average Bonchev–Trinajstić information content (AvgIpc) is 4.08. The van der Waals surface area contributed by atoms with E-state index in [1.54, 1.807) is 37.6 Å². The molecule has 81 heavy (non-hydrogen) atoms. The highest BCUT2D eigenvalue weighted by molar-refractivity contribution is 6.12. The van der Waals surface area contributed by atoms with Gasteiger partial charge in [-0.1, -0.05) is 71.4 Å². The highest BCUT2D eigenvalue weighted by Crippen LogP contribution is 2.30. The van der Waals surface area contributed by atoms with Gasteiger partial charge in [0, 0.05) is 53.4 Å². The number of nitrogens with zero attached hydrogens (tertiary/aromatic N) is 4. The van der Waals surface area contributed by atoms with E-state index in [2.05, 4.69) is 10.6 Å². The lowest BCUT2D eigenvalue weighted by atomic mass is 9.89. The van der Waals surface area contributed by atoms with Crippen LogP contribution in [0.3, 0.4) is 0 Å². The Hall–Kier alpha value is -5.40. The van der Waals surface area contributed by atoms with E-state index in [0.29, 0.717) is 78.7 Å². The van der Waals surface area contributed by atoms with E-state index in [4.69, 9.17) is 42.6 Å². The number of likely N-dealkylation sites (N-methyl/N-ethyl adjacent to an activating group) is 2. The van der Waals surface area contributed by atoms with Gasteiger partial charge in [0.1, 0.15) is 17.6 Å². The number of methoxy groups -OCH3 is 3. The smallest absolute Gasteiger partial charge is 0.328 e. The van der Waals surface area contributed by atoms with Crippen LogP contribution in [0.15, 0.2) is 42.5 Å². The van der Waals surface area contributed by atoms with Crippen LogP contribution in [0.5, 0.6) is 0 Å². The van der Waals surface area contributed by atoms with Gasteiger partial charge in [0.05, 0.1) is 136 Å². The summed E-state index contributed by atoms with van der Waals surface area (Å²) in [6.07, 6.45) is 3.11. The molecule has 2 N–H and O–H groups in total. The number of esters is 1. The van der Waals surface area contributed by atoms with Crippen molar-refractivity contribution in [2.45, 2.75) is 129 Å². The molecule has 2 heterocycles. The molecule has 1 saturated heterocycles. The largest absolute Gasteiger partial charge is 0.467 e. The number of nitrogens with one attached hydrogen (secondary N) is 2. The van der Waals surface area contributed by atoms with Crippen LogP contribution in [0.1, 0.15) is 86.1 Å². The maximum absolute atomic E-state index is 14.6. The van der Waals surface area contributed by atoms with Crippen molar-refractivity contribution in [2.24, 2.45) is 17.8 Å². The summed E-state index contributed by atoms with van der Waals surface area (Å²) >= 11 is 0. The zero-order valence-corrected chi connectivity index (χ0v) is 50.1. The zero-order valence-electron chi connectivity index (χ0n) is 50.1. The van der Waals surface area contributed by atoms with Crippen molar-refractivity contribution < 1.29 is 81.0 Å². The molecule has 0 unspecified atom stereocenters. The molecule has 0 aromatic heterocycles. The predicted octanol–water partition coefficient (Wildman–Crippen LogP) is 2.60. The van der Waals surface area contributed by atoms with E-state index in [-0.39, 0.29) is 93.6 Å². The molecule has 1 aromatic rings. The summed E-state index contributed by atoms with van der Waals surface area (Å²) in [5.74, 6) is -4.36. The Morgan fingerprint density at radius 1 is 0.728 bits per heavy atom. The van der Waals surface area contributed by atoms with Gasteiger partial charge < -0.3 is 68.0 Å². The quantitative estimate of drug-likeness (QED) is 0.0543. The monoisotopic (exact) mass is 1150 g/mol. The Bertz CT molecular complexity index is 2130. The third-order valence-corrected chi connectivity index (χ3v) is 15.0. The number of hydrogen-bond acceptors (Lipinski definition) is 17. The van der Waals surface area contributed by atoms with E-state index in [9.17, 15) is 38.4 Å². The van der Waals surface area contributed by atoms with Gasteiger partial charge in [-0.3, -0.25) is 38.5 Å². The molecule has 8 atom stereocenters. The lowest BCUT2D eigenvalue weighted by molar-refractivity contribution is -0.150. The van der Waals surface area contributed by atoms with Gasteiger partial charge in [-0.2, -0.15) is 0 Å². The average molecular weight is 1150 g/mol. The molecule has 7 amide bonds. The third kappa shape index (κ3) is 22.4. The van der Waals surface area contributed by atoms with Gasteiger partial charge in [0.25, 0.3) is 11.8 Å². The predicted molar refractivity (Wildman–Crippen MR) is 299 cm³/mol. The Balaban J connectivity index is 1.43. The number of carbonyl (C=O) groups excluding carboxylic acids is 8. The van der Waals surface area contributed by atoms with Gasteiger partial charge in [-0.05, 0) is 44.1 Å². The van der Waals surface area contributed by atoms with Crippen molar-refractivity contribution in [3.63, 3.8) is 0 Å². The SMILES string of the molecule is CC[C@H](C)[C@@H]([C@@H](CC(=O)N1CCC[C@H]1[C@H](OC)[C@@H](C)C(=O)N[C@@H](Cc1ccccc1)C(=O)OC)OC)N(C)C(=O)[C@@H](NC(=O)C(C)(C)N(C)C(=O)CCOCCOCCOCCOCCOCCOCCN1C(=O)C=CC1=O)C(C)C. The molecule has 0 saturated carbocycles. The van der Waals surface area contributed by atoms with Gasteiger partial charge in [0.2, 0.25) is 29.5 Å². The van der Waals surface area contributed by atoms with Crippen molar-refractivity contribution in [2.75, 3.05) is 128 Å². The number of rotatable bonds is 41. The van der Waals surface area contributed by atoms with Crippen LogP contribution < -0.4 is 10.6 Å². The first kappa shape index (κ1) is 69.9. The molecule has 0 aliphatic carbocycles. The lowest BCUT2D eigenvalue weighted by Gasteiger charge is -2.41. The number of imide groups is 1. The number of carbonyl (C=O) groups is 8. The highest BCUT2D eigenvalue weighted by Gasteiger charge is 2.44. The maximum Gasteiger partial charge on any atom is 0.328 e. The molecule has 1 fully saturated rings. The van der Waals surface area contributed by atoms with E-state index in [1.807, 2.05) is 58.0 Å². The van der Waals surface area contributed by atoms with E-state index >= 15 is 0 Å². The summed E-state index contributed by atoms with van der Waals surface area (Å²) in [5.41, 5.74) is -0.503. The van der Waals surface area contributed by atoms with E-state index in [1.165, 1.54) is 45.4 Å². The molecule has 0 radical (unpaired) electrons. The van der Waals surface area contributed by atoms with Crippen LogP contribution >= 0.6 is 0 Å². The zero-order chi connectivity index (χ0) is 60.1. The van der Waals surface area contributed by atoms with Crippen molar-refractivity contribution in [3.8, 4) is 0 Å². The van der Waals surface area contributed by atoms with Crippen LogP contribution in [-0.4, -0.2) is 237 Å². The highest BCUT2D eigenvalue weighted by atomic mass is 16.6. The normalized spacial score (nSPS) is 17.1.